The number of carbonyl (C=O) groups is 4. The summed E-state index contributed by atoms with van der Waals surface area (Å²) in [6, 6.07) is 12.3. The molecule has 0 saturated carbocycles. The Labute approximate surface area is 280 Å². The van der Waals surface area contributed by atoms with Crippen LogP contribution in [0, 0.1) is 6.92 Å². The average molecular weight is 673 g/mol. The fourth-order valence-corrected chi connectivity index (χ4v) is 5.88. The molecule has 2 aromatic heterocycles. The van der Waals surface area contributed by atoms with E-state index in [0.717, 1.165) is 24.3 Å². The molecule has 1 fully saturated rings. The monoisotopic (exact) mass is 672 g/mol. The molecule has 0 aliphatic carbocycles. The van der Waals surface area contributed by atoms with Gasteiger partial charge in [-0.25, -0.2) is 29.0 Å². The van der Waals surface area contributed by atoms with E-state index in [1.54, 1.807) is 55.6 Å². The molecule has 0 bridgehead atoms. The summed E-state index contributed by atoms with van der Waals surface area (Å²) in [7, 11) is 4.50. The Hall–Kier alpha value is -5.80. The van der Waals surface area contributed by atoms with Crippen LogP contribution in [0.3, 0.4) is 0 Å². The maximum absolute atomic E-state index is 13.2. The van der Waals surface area contributed by atoms with E-state index in [4.69, 9.17) is 33.2 Å². The number of methoxy groups -OCH3 is 3. The summed E-state index contributed by atoms with van der Waals surface area (Å²) in [5.74, 6) is -8.04. The van der Waals surface area contributed by atoms with Crippen LogP contribution in [0.4, 0.5) is 0 Å². The second kappa shape index (κ2) is 13.4. The Kier molecular flexibility index (Phi) is 9.03. The van der Waals surface area contributed by atoms with Gasteiger partial charge in [0.2, 0.25) is 5.75 Å². The van der Waals surface area contributed by atoms with Crippen LogP contribution < -0.4 is 14.2 Å². The van der Waals surface area contributed by atoms with E-state index in [-0.39, 0.29) is 26.2 Å². The second-order valence-corrected chi connectivity index (χ2v) is 11.1. The summed E-state index contributed by atoms with van der Waals surface area (Å²) in [5, 5.41) is 0. The molecule has 3 aliphatic rings. The summed E-state index contributed by atoms with van der Waals surface area (Å²) in [6.45, 7) is 1.82. The number of hydrogen-bond acceptors (Lipinski definition) is 15. The Morgan fingerprint density at radius 3 is 1.73 bits per heavy atom. The third-order valence-electron chi connectivity index (χ3n) is 8.00. The molecule has 0 N–H and O–H groups in total. The number of piperazine rings is 1. The minimum Gasteiger partial charge on any atom is -0.493 e. The number of nitrogens with zero attached hydrogens (tertiary/aromatic N) is 4. The number of carbonyl (C=O) groups excluding carboxylic acids is 4. The lowest BCUT2D eigenvalue weighted by atomic mass is 10.1. The van der Waals surface area contributed by atoms with E-state index in [0.29, 0.717) is 45.5 Å². The molecule has 3 aromatic rings. The average Bonchev–Trinajstić information content (AvgIpc) is 3.35. The highest BCUT2D eigenvalue weighted by atomic mass is 16.8. The lowest BCUT2D eigenvalue weighted by molar-refractivity contribution is -0.466. The number of esters is 4. The first kappa shape index (κ1) is 33.1. The van der Waals surface area contributed by atoms with Gasteiger partial charge in [-0.2, -0.15) is 0 Å². The third kappa shape index (κ3) is 6.28. The molecule has 0 amide bonds. The van der Waals surface area contributed by atoms with Crippen molar-refractivity contribution in [3.63, 3.8) is 0 Å². The molecule has 5 heterocycles. The summed E-state index contributed by atoms with van der Waals surface area (Å²) >= 11 is 0. The van der Waals surface area contributed by atoms with Crippen molar-refractivity contribution in [2.75, 3.05) is 34.4 Å². The van der Waals surface area contributed by atoms with Crippen molar-refractivity contribution in [3.05, 3.63) is 89.9 Å². The highest BCUT2D eigenvalue weighted by Crippen LogP contribution is 2.46. The third-order valence-corrected chi connectivity index (χ3v) is 8.00. The second-order valence-electron chi connectivity index (χ2n) is 11.1. The fourth-order valence-electron chi connectivity index (χ4n) is 5.88. The lowest BCUT2D eigenvalue weighted by Crippen LogP contribution is -2.80. The number of aromatic nitrogens is 2. The molecule has 0 atom stereocenters. The molecule has 15 heteroatoms. The smallest absolute Gasteiger partial charge is 0.420 e. The van der Waals surface area contributed by atoms with E-state index in [9.17, 15) is 19.2 Å². The molecule has 0 radical (unpaired) electrons. The van der Waals surface area contributed by atoms with Crippen LogP contribution in [0.5, 0.6) is 17.2 Å². The summed E-state index contributed by atoms with van der Waals surface area (Å²) in [5.41, 5.74) is 2.97. The predicted molar refractivity (Wildman–Crippen MR) is 167 cm³/mol. The first-order chi connectivity index (χ1) is 23.6. The van der Waals surface area contributed by atoms with Crippen molar-refractivity contribution < 1.29 is 52.3 Å². The zero-order valence-electron chi connectivity index (χ0n) is 27.0. The SMILES string of the molecule is COc1cc(-c2cc(CN3CCN(Cc4cccc(C)n4)C4(OC(=O)C=CC(=O)O4)C34OC(=O)C=CC(=O)O4)ccn2)cc(OC)c1OC. The molecular weight excluding hydrogens is 640 g/mol. The molecule has 49 heavy (non-hydrogen) atoms. The molecule has 15 nitrogen and oxygen atoms in total. The van der Waals surface area contributed by atoms with Crippen molar-refractivity contribution in [2.24, 2.45) is 0 Å². The molecule has 254 valence electrons. The molecule has 2 spiro atoms. The minimum absolute atomic E-state index is 0.0547. The van der Waals surface area contributed by atoms with Crippen molar-refractivity contribution >= 4 is 23.9 Å². The van der Waals surface area contributed by atoms with Crippen LogP contribution >= 0.6 is 0 Å². The Morgan fingerprint density at radius 2 is 1.24 bits per heavy atom. The van der Waals surface area contributed by atoms with Gasteiger partial charge in [0, 0.05) is 67.9 Å². The van der Waals surface area contributed by atoms with Gasteiger partial charge in [0.1, 0.15) is 0 Å². The van der Waals surface area contributed by atoms with E-state index >= 15 is 0 Å². The maximum atomic E-state index is 13.2. The summed E-state index contributed by atoms with van der Waals surface area (Å²) in [4.78, 5) is 64.5. The molecular formula is C34H32N4O11. The maximum Gasteiger partial charge on any atom is 0.420 e. The Bertz CT molecular complexity index is 1810. The van der Waals surface area contributed by atoms with Crippen LogP contribution in [-0.2, 0) is 51.2 Å². The van der Waals surface area contributed by atoms with Crippen molar-refractivity contribution in [2.45, 2.75) is 31.8 Å². The summed E-state index contributed by atoms with van der Waals surface area (Å²) in [6.07, 6.45) is 5.06. The molecule has 0 unspecified atom stereocenters. The minimum atomic E-state index is -2.62. The number of aryl methyl sites for hydroxylation is 1. The first-order valence-corrected chi connectivity index (χ1v) is 15.1. The van der Waals surface area contributed by atoms with Gasteiger partial charge in [-0.1, -0.05) is 6.07 Å². The lowest BCUT2D eigenvalue weighted by Gasteiger charge is -2.55. The quantitative estimate of drug-likeness (QED) is 0.320. The molecule has 1 aromatic carbocycles. The van der Waals surface area contributed by atoms with Gasteiger partial charge in [0.25, 0.3) is 0 Å². The Morgan fingerprint density at radius 1 is 0.714 bits per heavy atom. The Balaban J connectivity index is 1.46. The topological polar surface area (TPSA) is 165 Å². The van der Waals surface area contributed by atoms with Gasteiger partial charge in [-0.05, 0) is 48.9 Å². The van der Waals surface area contributed by atoms with Crippen molar-refractivity contribution in [1.82, 2.24) is 19.8 Å². The van der Waals surface area contributed by atoms with Crippen LogP contribution in [0.2, 0.25) is 0 Å². The van der Waals surface area contributed by atoms with Gasteiger partial charge in [0.05, 0.1) is 32.7 Å². The summed E-state index contributed by atoms with van der Waals surface area (Å²) < 4.78 is 39.9. The normalized spacial score (nSPS) is 18.6. The van der Waals surface area contributed by atoms with Gasteiger partial charge >= 0.3 is 35.7 Å². The van der Waals surface area contributed by atoms with Crippen LogP contribution in [0.15, 0.2) is 73.0 Å². The van der Waals surface area contributed by atoms with Gasteiger partial charge in [-0.15, -0.1) is 0 Å². The number of fused-ring (bicyclic) bond motifs is 1. The van der Waals surface area contributed by atoms with E-state index in [1.165, 1.54) is 31.1 Å². The van der Waals surface area contributed by atoms with E-state index < -0.39 is 35.7 Å². The highest BCUT2D eigenvalue weighted by molar-refractivity contribution is 5.95. The van der Waals surface area contributed by atoms with Gasteiger partial charge in [-0.3, -0.25) is 9.97 Å². The van der Waals surface area contributed by atoms with Crippen molar-refractivity contribution in [3.8, 4) is 28.5 Å². The highest BCUT2D eigenvalue weighted by Gasteiger charge is 2.74. The number of rotatable bonds is 8. The zero-order valence-corrected chi connectivity index (χ0v) is 27.0. The molecule has 1 saturated heterocycles. The predicted octanol–water partition coefficient (Wildman–Crippen LogP) is 2.42. The van der Waals surface area contributed by atoms with E-state index in [1.807, 2.05) is 0 Å². The fraction of sp³-hybridized carbons (Fsp3) is 0.294. The number of pyridine rings is 2. The van der Waals surface area contributed by atoms with Crippen LogP contribution in [0.1, 0.15) is 17.0 Å². The van der Waals surface area contributed by atoms with E-state index in [2.05, 4.69) is 9.97 Å². The number of benzene rings is 1. The standard InChI is InChI=1S/C34H32N4O11/c1-21-6-5-7-24(36-21)20-38-15-14-37(19-22-12-13-35-25(16-22)23-17-26(43-2)32(45-4)27(18-23)44-3)33(46-28(39)8-9-29(40)47-33)34(38)48-30(41)10-11-31(42)49-34/h5-13,16-18H,14-15,19-20H2,1-4H3. The van der Waals surface area contributed by atoms with Crippen LogP contribution in [-0.4, -0.2) is 89.9 Å². The number of ether oxygens (including phenoxy) is 7. The van der Waals surface area contributed by atoms with Gasteiger partial charge in [0.15, 0.2) is 11.5 Å². The largest absolute Gasteiger partial charge is 0.493 e. The molecule has 6 rings (SSSR count). The number of hydrogen-bond donors (Lipinski definition) is 0. The van der Waals surface area contributed by atoms with Crippen LogP contribution in [0.25, 0.3) is 11.3 Å². The van der Waals surface area contributed by atoms with Gasteiger partial charge < -0.3 is 33.2 Å². The van der Waals surface area contributed by atoms with Crippen molar-refractivity contribution in [1.29, 1.82) is 0 Å². The first-order valence-electron chi connectivity index (χ1n) is 15.1. The zero-order chi connectivity index (χ0) is 34.8. The molecule has 3 aliphatic heterocycles.